The maximum Gasteiger partial charge on any atom is 0.185 e. The topological polar surface area (TPSA) is 52.3 Å². The van der Waals surface area contributed by atoms with Crippen LogP contribution in [-0.2, 0) is 4.74 Å². The number of carbonyl (C=O) groups excluding carboxylic acids is 1. The number of carbonyl (C=O) groups is 1. The number of rotatable bonds is 6. The number of hydrogen-bond acceptors (Lipinski definition) is 3. The van der Waals surface area contributed by atoms with Gasteiger partial charge in [0.05, 0.1) is 16.1 Å². The van der Waals surface area contributed by atoms with Gasteiger partial charge in [-0.25, -0.2) is 8.78 Å². The van der Waals surface area contributed by atoms with Gasteiger partial charge in [0.15, 0.2) is 11.6 Å². The minimum atomic E-state index is -0.932. The molecule has 1 unspecified atom stereocenters. The van der Waals surface area contributed by atoms with Crippen molar-refractivity contribution in [2.45, 2.75) is 18.9 Å². The van der Waals surface area contributed by atoms with Crippen LogP contribution in [0.15, 0.2) is 16.6 Å². The lowest BCUT2D eigenvalue weighted by Gasteiger charge is -2.12. The number of halogens is 3. The lowest BCUT2D eigenvalue weighted by Crippen LogP contribution is -2.32. The third-order valence-corrected chi connectivity index (χ3v) is 3.10. The Bertz CT molecular complexity index is 440. The summed E-state index contributed by atoms with van der Waals surface area (Å²) in [5.74, 6) is -2.55. The molecular weight excluding hydrogens is 308 g/mol. The Morgan fingerprint density at radius 1 is 1.50 bits per heavy atom. The van der Waals surface area contributed by atoms with Gasteiger partial charge in [0.1, 0.15) is 5.82 Å². The molecule has 0 aliphatic heterocycles. The molecule has 0 bridgehead atoms. The maximum absolute atomic E-state index is 13.7. The van der Waals surface area contributed by atoms with Gasteiger partial charge >= 0.3 is 0 Å². The van der Waals surface area contributed by atoms with Crippen molar-refractivity contribution in [2.75, 3.05) is 13.7 Å². The zero-order valence-corrected chi connectivity index (χ0v) is 11.5. The molecule has 0 fully saturated rings. The van der Waals surface area contributed by atoms with Gasteiger partial charge in [-0.1, -0.05) is 0 Å². The van der Waals surface area contributed by atoms with E-state index < -0.39 is 29.0 Å². The Labute approximate surface area is 112 Å². The van der Waals surface area contributed by atoms with Gasteiger partial charge < -0.3 is 10.5 Å². The van der Waals surface area contributed by atoms with Crippen molar-refractivity contribution in [2.24, 2.45) is 5.73 Å². The molecule has 0 spiro atoms. The number of ketones is 1. The van der Waals surface area contributed by atoms with Crippen LogP contribution in [0.25, 0.3) is 0 Å². The van der Waals surface area contributed by atoms with Gasteiger partial charge in [-0.05, 0) is 40.9 Å². The Hall–Kier alpha value is -0.850. The number of nitrogens with two attached hydrogens (primary N) is 1. The summed E-state index contributed by atoms with van der Waals surface area (Å²) in [6.07, 6.45) is 0.874. The zero-order valence-electron chi connectivity index (χ0n) is 9.88. The Morgan fingerprint density at radius 3 is 2.78 bits per heavy atom. The molecule has 1 aromatic rings. The van der Waals surface area contributed by atoms with Crippen LogP contribution in [0.3, 0.4) is 0 Å². The van der Waals surface area contributed by atoms with Crippen LogP contribution < -0.4 is 5.73 Å². The molecule has 0 radical (unpaired) electrons. The van der Waals surface area contributed by atoms with E-state index >= 15 is 0 Å². The highest BCUT2D eigenvalue weighted by Gasteiger charge is 2.24. The highest BCUT2D eigenvalue weighted by molar-refractivity contribution is 9.10. The first kappa shape index (κ1) is 15.2. The van der Waals surface area contributed by atoms with Gasteiger partial charge in [-0.2, -0.15) is 0 Å². The van der Waals surface area contributed by atoms with Crippen molar-refractivity contribution >= 4 is 21.7 Å². The molecule has 6 heteroatoms. The number of methoxy groups -OCH3 is 1. The average molecular weight is 322 g/mol. The van der Waals surface area contributed by atoms with E-state index in [1.165, 1.54) is 13.2 Å². The minimum Gasteiger partial charge on any atom is -0.385 e. The second-order valence-corrected chi connectivity index (χ2v) is 4.68. The molecule has 0 amide bonds. The van der Waals surface area contributed by atoms with Crippen LogP contribution in [0.4, 0.5) is 8.78 Å². The fraction of sp³-hybridized carbons (Fsp3) is 0.417. The first-order chi connectivity index (χ1) is 8.49. The van der Waals surface area contributed by atoms with Crippen LogP contribution >= 0.6 is 15.9 Å². The predicted octanol–water partition coefficient (Wildman–Crippen LogP) is 2.66. The molecule has 1 rings (SSSR count). The number of hydrogen-bond donors (Lipinski definition) is 1. The third-order valence-electron chi connectivity index (χ3n) is 2.49. The molecule has 0 aliphatic carbocycles. The molecule has 0 heterocycles. The van der Waals surface area contributed by atoms with Crippen LogP contribution in [0.2, 0.25) is 0 Å². The summed E-state index contributed by atoms with van der Waals surface area (Å²) < 4.78 is 32.0. The van der Waals surface area contributed by atoms with E-state index in [9.17, 15) is 13.6 Å². The lowest BCUT2D eigenvalue weighted by molar-refractivity contribution is 0.0942. The molecule has 0 saturated carbocycles. The van der Waals surface area contributed by atoms with E-state index in [2.05, 4.69) is 15.9 Å². The monoisotopic (exact) mass is 321 g/mol. The summed E-state index contributed by atoms with van der Waals surface area (Å²) in [6.45, 7) is 0.449. The second-order valence-electron chi connectivity index (χ2n) is 3.82. The van der Waals surface area contributed by atoms with E-state index in [1.807, 2.05) is 0 Å². The molecule has 2 N–H and O–H groups in total. The summed E-state index contributed by atoms with van der Waals surface area (Å²) in [6, 6.07) is 1.30. The predicted molar refractivity (Wildman–Crippen MR) is 67.5 cm³/mol. The van der Waals surface area contributed by atoms with E-state index in [1.54, 1.807) is 0 Å². The Morgan fingerprint density at radius 2 is 2.17 bits per heavy atom. The molecule has 0 aliphatic rings. The standard InChI is InChI=1S/C12H14BrF2NO2/c1-18-6-2-3-9(16)12(17)10-8(14)5-4-7(13)11(10)15/h4-5,9H,2-3,6,16H2,1H3. The fourth-order valence-electron chi connectivity index (χ4n) is 1.52. The van der Waals surface area contributed by atoms with Crippen molar-refractivity contribution in [3.05, 3.63) is 33.8 Å². The largest absolute Gasteiger partial charge is 0.385 e. The van der Waals surface area contributed by atoms with Crippen LogP contribution in [0, 0.1) is 11.6 Å². The number of Topliss-reactive ketones (excluding diaryl/α,β-unsaturated/α-hetero) is 1. The van der Waals surface area contributed by atoms with Gasteiger partial charge in [0, 0.05) is 13.7 Å². The first-order valence-electron chi connectivity index (χ1n) is 5.41. The van der Waals surface area contributed by atoms with Gasteiger partial charge in [0.2, 0.25) is 0 Å². The average Bonchev–Trinajstić information content (AvgIpc) is 2.34. The molecule has 100 valence electrons. The van der Waals surface area contributed by atoms with E-state index in [0.717, 1.165) is 6.07 Å². The fourth-order valence-corrected chi connectivity index (χ4v) is 1.85. The summed E-state index contributed by atoms with van der Waals surface area (Å²) >= 11 is 2.91. The number of ether oxygens (including phenoxy) is 1. The highest BCUT2D eigenvalue weighted by atomic mass is 79.9. The third kappa shape index (κ3) is 3.57. The molecule has 0 saturated heterocycles. The van der Waals surface area contributed by atoms with Crippen molar-refractivity contribution < 1.29 is 18.3 Å². The molecule has 1 atom stereocenters. The van der Waals surface area contributed by atoms with Crippen molar-refractivity contribution in [1.29, 1.82) is 0 Å². The van der Waals surface area contributed by atoms with Crippen LogP contribution in [0.5, 0.6) is 0 Å². The SMILES string of the molecule is COCCCC(N)C(=O)c1c(F)ccc(Br)c1F. The quantitative estimate of drug-likeness (QED) is 0.498. The highest BCUT2D eigenvalue weighted by Crippen LogP contribution is 2.23. The zero-order chi connectivity index (χ0) is 13.7. The Balaban J connectivity index is 2.86. The van der Waals surface area contributed by atoms with Gasteiger partial charge in [-0.3, -0.25) is 4.79 Å². The van der Waals surface area contributed by atoms with Gasteiger partial charge in [0.25, 0.3) is 0 Å². The summed E-state index contributed by atoms with van der Waals surface area (Å²) in [5.41, 5.74) is 5.04. The van der Waals surface area contributed by atoms with Gasteiger partial charge in [-0.15, -0.1) is 0 Å². The minimum absolute atomic E-state index is 0.0383. The normalized spacial score (nSPS) is 12.5. The van der Waals surface area contributed by atoms with Crippen molar-refractivity contribution in [1.82, 2.24) is 0 Å². The lowest BCUT2D eigenvalue weighted by atomic mass is 10.00. The number of benzene rings is 1. The molecular formula is C12H14BrF2NO2. The summed E-state index contributed by atoms with van der Waals surface area (Å²) in [5, 5.41) is 0. The molecule has 18 heavy (non-hydrogen) atoms. The molecule has 1 aromatic carbocycles. The smallest absolute Gasteiger partial charge is 0.185 e. The van der Waals surface area contributed by atoms with E-state index in [4.69, 9.17) is 10.5 Å². The Kier molecular flexibility index (Phi) is 5.84. The van der Waals surface area contributed by atoms with Crippen LogP contribution in [0.1, 0.15) is 23.2 Å². The summed E-state index contributed by atoms with van der Waals surface area (Å²) in [4.78, 5) is 11.9. The van der Waals surface area contributed by atoms with Crippen LogP contribution in [-0.4, -0.2) is 25.5 Å². The van der Waals surface area contributed by atoms with Crippen molar-refractivity contribution in [3.63, 3.8) is 0 Å². The first-order valence-corrected chi connectivity index (χ1v) is 6.20. The molecule has 3 nitrogen and oxygen atoms in total. The maximum atomic E-state index is 13.7. The van der Waals surface area contributed by atoms with E-state index in [-0.39, 0.29) is 4.47 Å². The van der Waals surface area contributed by atoms with E-state index in [0.29, 0.717) is 19.4 Å². The van der Waals surface area contributed by atoms with Crippen molar-refractivity contribution in [3.8, 4) is 0 Å². The second kappa shape index (κ2) is 6.92. The summed E-state index contributed by atoms with van der Waals surface area (Å²) in [7, 11) is 1.53. The molecule has 0 aromatic heterocycles.